The zero-order valence-electron chi connectivity index (χ0n) is 8.84. The number of ether oxygens (including phenoxy) is 1. The highest BCUT2D eigenvalue weighted by molar-refractivity contribution is 7.99. The van der Waals surface area contributed by atoms with Gasteiger partial charge < -0.3 is 4.74 Å². The molecular weight excluding hydrogens is 184 g/mol. The van der Waals surface area contributed by atoms with Crippen LogP contribution in [0.4, 0.5) is 0 Å². The summed E-state index contributed by atoms with van der Waals surface area (Å²) in [6.07, 6.45) is 1.52. The maximum Gasteiger partial charge on any atom is 0.142 e. The van der Waals surface area contributed by atoms with E-state index in [1.807, 2.05) is 0 Å². The molecule has 0 aromatic rings. The predicted molar refractivity (Wildman–Crippen MR) is 58.3 cm³/mol. The largest absolute Gasteiger partial charge is 0.385 e. The summed E-state index contributed by atoms with van der Waals surface area (Å²) in [4.78, 5) is 11.2. The fourth-order valence-corrected chi connectivity index (χ4v) is 1.86. The third-order valence-corrected chi connectivity index (χ3v) is 2.95. The van der Waals surface area contributed by atoms with Gasteiger partial charge in [0.2, 0.25) is 0 Å². The molecule has 0 heterocycles. The molecule has 0 fully saturated rings. The number of methoxy groups -OCH3 is 1. The summed E-state index contributed by atoms with van der Waals surface area (Å²) in [6, 6.07) is 0. The first-order valence-electron chi connectivity index (χ1n) is 4.75. The average molecular weight is 204 g/mol. The van der Waals surface area contributed by atoms with Gasteiger partial charge in [-0.1, -0.05) is 13.8 Å². The summed E-state index contributed by atoms with van der Waals surface area (Å²) in [5.74, 6) is 2.78. The lowest BCUT2D eigenvalue weighted by atomic mass is 10.2. The molecule has 13 heavy (non-hydrogen) atoms. The molecule has 0 rings (SSSR count). The van der Waals surface area contributed by atoms with Crippen molar-refractivity contribution in [3.8, 4) is 0 Å². The fraction of sp³-hybridized carbons (Fsp3) is 0.900. The van der Waals surface area contributed by atoms with Crippen LogP contribution in [0.1, 0.15) is 26.7 Å². The van der Waals surface area contributed by atoms with E-state index in [0.717, 1.165) is 12.2 Å². The Morgan fingerprint density at radius 2 is 2.15 bits per heavy atom. The van der Waals surface area contributed by atoms with Gasteiger partial charge in [0.05, 0.1) is 5.75 Å². The molecule has 0 atom stereocenters. The summed E-state index contributed by atoms with van der Waals surface area (Å²) in [6.45, 7) is 5.03. The molecule has 0 aliphatic rings. The van der Waals surface area contributed by atoms with E-state index in [-0.39, 0.29) is 0 Å². The molecule has 0 saturated heterocycles. The lowest BCUT2D eigenvalue weighted by Gasteiger charge is -2.03. The Hall–Kier alpha value is -0.0200. The molecule has 2 nitrogen and oxygen atoms in total. The maximum atomic E-state index is 11.2. The third kappa shape index (κ3) is 9.90. The van der Waals surface area contributed by atoms with E-state index in [2.05, 4.69) is 13.8 Å². The van der Waals surface area contributed by atoms with Gasteiger partial charge >= 0.3 is 0 Å². The van der Waals surface area contributed by atoms with Gasteiger partial charge in [0.15, 0.2) is 0 Å². The first kappa shape index (κ1) is 13.0. The molecule has 0 aromatic carbocycles. The minimum atomic E-state index is 0.350. The second-order valence-corrected chi connectivity index (χ2v) is 4.57. The molecule has 0 spiro atoms. The highest BCUT2D eigenvalue weighted by Gasteiger charge is 2.02. The van der Waals surface area contributed by atoms with Crippen LogP contribution < -0.4 is 0 Å². The van der Waals surface area contributed by atoms with Gasteiger partial charge in [-0.25, -0.2) is 0 Å². The summed E-state index contributed by atoms with van der Waals surface area (Å²) in [5.41, 5.74) is 0. The van der Waals surface area contributed by atoms with E-state index in [0.29, 0.717) is 30.5 Å². The minimum Gasteiger partial charge on any atom is -0.385 e. The fourth-order valence-electron chi connectivity index (χ4n) is 0.894. The molecule has 0 aromatic heterocycles. The Labute approximate surface area is 85.4 Å². The number of Topliss-reactive ketones (excluding diaryl/α,β-unsaturated/α-hetero) is 1. The van der Waals surface area contributed by atoms with Crippen LogP contribution in [0.15, 0.2) is 0 Å². The van der Waals surface area contributed by atoms with Crippen molar-refractivity contribution >= 4 is 17.5 Å². The first-order chi connectivity index (χ1) is 6.16. The summed E-state index contributed by atoms with van der Waals surface area (Å²) in [5, 5.41) is 0. The Bertz CT molecular complexity index is 135. The third-order valence-electron chi connectivity index (χ3n) is 1.52. The van der Waals surface area contributed by atoms with Crippen LogP contribution in [0.25, 0.3) is 0 Å². The van der Waals surface area contributed by atoms with Crippen molar-refractivity contribution in [1.29, 1.82) is 0 Å². The molecule has 0 N–H and O–H groups in total. The van der Waals surface area contributed by atoms with Gasteiger partial charge in [-0.3, -0.25) is 4.79 Å². The smallest absolute Gasteiger partial charge is 0.142 e. The normalized spacial score (nSPS) is 10.8. The Morgan fingerprint density at radius 1 is 1.46 bits per heavy atom. The van der Waals surface area contributed by atoms with E-state index >= 15 is 0 Å². The zero-order chi connectivity index (χ0) is 10.1. The number of hydrogen-bond donors (Lipinski definition) is 0. The highest BCUT2D eigenvalue weighted by atomic mass is 32.2. The number of ketones is 1. The molecule has 0 aliphatic heterocycles. The van der Waals surface area contributed by atoms with Crippen molar-refractivity contribution in [3.63, 3.8) is 0 Å². The van der Waals surface area contributed by atoms with Crippen LogP contribution in [0.2, 0.25) is 0 Å². The molecule has 0 unspecified atom stereocenters. The van der Waals surface area contributed by atoms with Crippen LogP contribution in [-0.2, 0) is 9.53 Å². The molecule has 0 aliphatic carbocycles. The van der Waals surface area contributed by atoms with Crippen molar-refractivity contribution in [2.75, 3.05) is 25.2 Å². The molecular formula is C10H20O2S. The molecule has 0 saturated carbocycles. The second-order valence-electron chi connectivity index (χ2n) is 3.54. The highest BCUT2D eigenvalue weighted by Crippen LogP contribution is 2.08. The second kappa shape index (κ2) is 8.57. The summed E-state index contributed by atoms with van der Waals surface area (Å²) < 4.78 is 4.88. The summed E-state index contributed by atoms with van der Waals surface area (Å²) >= 11 is 1.74. The van der Waals surface area contributed by atoms with Gasteiger partial charge in [-0.2, -0.15) is 11.8 Å². The lowest BCUT2D eigenvalue weighted by Crippen LogP contribution is -2.05. The maximum absolute atomic E-state index is 11.2. The van der Waals surface area contributed by atoms with E-state index < -0.39 is 0 Å². The quantitative estimate of drug-likeness (QED) is 0.568. The number of hydrogen-bond acceptors (Lipinski definition) is 3. The summed E-state index contributed by atoms with van der Waals surface area (Å²) in [7, 11) is 1.66. The number of carbonyl (C=O) groups is 1. The standard InChI is InChI=1S/C10H20O2S/c1-9(2)7-13-8-10(11)5-4-6-12-3/h9H,4-8H2,1-3H3. The number of carbonyl (C=O) groups excluding carboxylic acids is 1. The van der Waals surface area contributed by atoms with E-state index in [1.165, 1.54) is 0 Å². The van der Waals surface area contributed by atoms with Crippen LogP contribution >= 0.6 is 11.8 Å². The van der Waals surface area contributed by atoms with E-state index in [4.69, 9.17) is 4.74 Å². The van der Waals surface area contributed by atoms with Gasteiger partial charge in [-0.05, 0) is 18.1 Å². The molecule has 0 bridgehead atoms. The number of thioether (sulfide) groups is 1. The lowest BCUT2D eigenvalue weighted by molar-refractivity contribution is -0.116. The van der Waals surface area contributed by atoms with Crippen molar-refractivity contribution in [3.05, 3.63) is 0 Å². The van der Waals surface area contributed by atoms with Crippen molar-refractivity contribution in [1.82, 2.24) is 0 Å². The van der Waals surface area contributed by atoms with Gasteiger partial charge in [-0.15, -0.1) is 0 Å². The zero-order valence-corrected chi connectivity index (χ0v) is 9.65. The number of rotatable bonds is 8. The average Bonchev–Trinajstić information content (AvgIpc) is 2.04. The van der Waals surface area contributed by atoms with Crippen LogP contribution in [0.3, 0.4) is 0 Å². The Balaban J connectivity index is 3.20. The van der Waals surface area contributed by atoms with Crippen molar-refractivity contribution in [2.24, 2.45) is 5.92 Å². The first-order valence-corrected chi connectivity index (χ1v) is 5.90. The van der Waals surface area contributed by atoms with Crippen molar-refractivity contribution < 1.29 is 9.53 Å². The Morgan fingerprint density at radius 3 is 2.69 bits per heavy atom. The molecule has 0 radical (unpaired) electrons. The van der Waals surface area contributed by atoms with E-state index in [9.17, 15) is 4.79 Å². The van der Waals surface area contributed by atoms with Crippen LogP contribution in [-0.4, -0.2) is 31.0 Å². The SMILES string of the molecule is COCCCC(=O)CSCC(C)C. The van der Waals surface area contributed by atoms with Gasteiger partial charge in [0.25, 0.3) is 0 Å². The van der Waals surface area contributed by atoms with Gasteiger partial charge in [0.1, 0.15) is 5.78 Å². The molecule has 3 heteroatoms. The van der Waals surface area contributed by atoms with Crippen molar-refractivity contribution in [2.45, 2.75) is 26.7 Å². The van der Waals surface area contributed by atoms with Crippen LogP contribution in [0, 0.1) is 5.92 Å². The topological polar surface area (TPSA) is 26.3 Å². The monoisotopic (exact) mass is 204 g/mol. The minimum absolute atomic E-state index is 0.350. The molecule has 0 amide bonds. The van der Waals surface area contributed by atoms with E-state index in [1.54, 1.807) is 18.9 Å². The predicted octanol–water partition coefficient (Wildman–Crippen LogP) is 2.37. The molecule has 78 valence electrons. The Kier molecular flexibility index (Phi) is 8.56. The van der Waals surface area contributed by atoms with Crippen LogP contribution in [0.5, 0.6) is 0 Å². The van der Waals surface area contributed by atoms with Gasteiger partial charge in [0, 0.05) is 20.1 Å².